The lowest BCUT2D eigenvalue weighted by Gasteiger charge is -2.35. The summed E-state index contributed by atoms with van der Waals surface area (Å²) in [6.45, 7) is 8.02. The fourth-order valence-corrected chi connectivity index (χ4v) is 6.48. The van der Waals surface area contributed by atoms with E-state index in [4.69, 9.17) is 5.73 Å². The van der Waals surface area contributed by atoms with Gasteiger partial charge in [0.05, 0.1) is 0 Å². The minimum absolute atomic E-state index is 0.0549. The second kappa shape index (κ2) is 10.9. The van der Waals surface area contributed by atoms with E-state index in [0.29, 0.717) is 5.30 Å². The number of phenols is 1. The van der Waals surface area contributed by atoms with Gasteiger partial charge in [-0.05, 0) is 18.9 Å². The SMILES string of the molecule is CCCCN[P+](NCCCC)(c1cc(O)ccc1[O-])C(N)CCC. The zero-order chi connectivity index (χ0) is 18.0. The van der Waals surface area contributed by atoms with E-state index in [-0.39, 0.29) is 17.3 Å². The van der Waals surface area contributed by atoms with Crippen LogP contribution in [0.4, 0.5) is 0 Å². The summed E-state index contributed by atoms with van der Waals surface area (Å²) in [5.41, 5.74) is 6.58. The van der Waals surface area contributed by atoms with E-state index in [1.807, 2.05) is 0 Å². The number of nitrogens with one attached hydrogen (secondary N) is 2. The molecule has 0 fully saturated rings. The van der Waals surface area contributed by atoms with Gasteiger partial charge < -0.3 is 10.2 Å². The van der Waals surface area contributed by atoms with Crippen molar-refractivity contribution < 1.29 is 10.2 Å². The summed E-state index contributed by atoms with van der Waals surface area (Å²) in [5, 5.41) is 30.4. The van der Waals surface area contributed by atoms with Crippen LogP contribution in [0.2, 0.25) is 0 Å². The maximum absolute atomic E-state index is 12.6. The predicted molar refractivity (Wildman–Crippen MR) is 103 cm³/mol. The number of aromatic hydroxyl groups is 1. The Bertz CT molecular complexity index is 475. The lowest BCUT2D eigenvalue weighted by Crippen LogP contribution is -2.47. The Hall–Kier alpha value is -0.870. The number of phenolic OH excluding ortho intramolecular Hbond substituents is 1. The van der Waals surface area contributed by atoms with E-state index in [2.05, 4.69) is 30.9 Å². The third-order valence-corrected chi connectivity index (χ3v) is 7.99. The Kier molecular flexibility index (Phi) is 9.60. The number of hydrogen-bond acceptors (Lipinski definition) is 5. The normalized spacial score (nSPS) is 13.2. The van der Waals surface area contributed by atoms with Crippen LogP contribution in [0.25, 0.3) is 0 Å². The molecule has 5 nitrogen and oxygen atoms in total. The van der Waals surface area contributed by atoms with Gasteiger partial charge in [0.15, 0.2) is 13.3 Å². The van der Waals surface area contributed by atoms with Gasteiger partial charge in [0.1, 0.15) is 11.1 Å². The first-order valence-corrected chi connectivity index (χ1v) is 11.0. The molecular formula is C18H34N3O2P. The molecule has 6 heteroatoms. The summed E-state index contributed by atoms with van der Waals surface area (Å²) < 4.78 is 0. The van der Waals surface area contributed by atoms with Gasteiger partial charge in [-0.25, -0.2) is 0 Å². The van der Waals surface area contributed by atoms with Crippen LogP contribution in [0.5, 0.6) is 11.5 Å². The Balaban J connectivity index is 3.27. The van der Waals surface area contributed by atoms with Gasteiger partial charge in [0, 0.05) is 25.6 Å². The lowest BCUT2D eigenvalue weighted by atomic mass is 10.3. The van der Waals surface area contributed by atoms with E-state index >= 15 is 0 Å². The Morgan fingerprint density at radius 2 is 1.67 bits per heavy atom. The molecule has 0 spiro atoms. The van der Waals surface area contributed by atoms with Gasteiger partial charge in [-0.15, -0.1) is 0 Å². The molecule has 138 valence electrons. The van der Waals surface area contributed by atoms with Crippen LogP contribution in [-0.4, -0.2) is 24.0 Å². The lowest BCUT2D eigenvalue weighted by molar-refractivity contribution is -0.266. The molecule has 0 aliphatic carbocycles. The number of benzene rings is 1. The predicted octanol–water partition coefficient (Wildman–Crippen LogP) is 2.80. The highest BCUT2D eigenvalue weighted by Crippen LogP contribution is 2.55. The molecule has 5 N–H and O–H groups in total. The van der Waals surface area contributed by atoms with Crippen LogP contribution >= 0.6 is 7.56 Å². The molecule has 1 rings (SSSR count). The summed E-state index contributed by atoms with van der Waals surface area (Å²) in [7, 11) is -2.27. The van der Waals surface area contributed by atoms with Crippen LogP contribution in [0.1, 0.15) is 59.3 Å². The molecule has 1 aromatic rings. The van der Waals surface area contributed by atoms with Crippen molar-refractivity contribution in [1.29, 1.82) is 0 Å². The minimum atomic E-state index is -2.27. The molecule has 0 saturated carbocycles. The zero-order valence-electron chi connectivity index (χ0n) is 15.3. The fourth-order valence-electron chi connectivity index (χ4n) is 2.77. The van der Waals surface area contributed by atoms with Crippen molar-refractivity contribution in [2.75, 3.05) is 13.1 Å². The molecule has 0 aliphatic rings. The van der Waals surface area contributed by atoms with Crippen LogP contribution in [-0.2, 0) is 0 Å². The Morgan fingerprint density at radius 1 is 1.08 bits per heavy atom. The monoisotopic (exact) mass is 355 g/mol. The first kappa shape index (κ1) is 21.2. The Labute approximate surface area is 147 Å². The van der Waals surface area contributed by atoms with Gasteiger partial charge in [0.2, 0.25) is 0 Å². The van der Waals surface area contributed by atoms with E-state index in [0.717, 1.165) is 51.6 Å². The topological polar surface area (TPSA) is 93.4 Å². The molecule has 0 bridgehead atoms. The van der Waals surface area contributed by atoms with E-state index in [9.17, 15) is 10.2 Å². The second-order valence-electron chi connectivity index (χ2n) is 6.25. The molecule has 1 unspecified atom stereocenters. The number of rotatable bonds is 12. The largest absolute Gasteiger partial charge is 0.870 e. The number of hydrogen-bond donors (Lipinski definition) is 4. The third kappa shape index (κ3) is 5.59. The van der Waals surface area contributed by atoms with Crippen molar-refractivity contribution in [2.24, 2.45) is 5.73 Å². The average molecular weight is 355 g/mol. The van der Waals surface area contributed by atoms with Gasteiger partial charge in [0.25, 0.3) is 0 Å². The van der Waals surface area contributed by atoms with Crippen molar-refractivity contribution in [1.82, 2.24) is 10.2 Å². The minimum Gasteiger partial charge on any atom is -0.870 e. The second-order valence-corrected chi connectivity index (χ2v) is 9.48. The molecule has 0 aliphatic heterocycles. The average Bonchev–Trinajstić information content (AvgIpc) is 2.56. The maximum Gasteiger partial charge on any atom is 0.197 e. The summed E-state index contributed by atoms with van der Waals surface area (Å²) >= 11 is 0. The molecule has 0 radical (unpaired) electrons. The Morgan fingerprint density at radius 3 is 2.17 bits per heavy atom. The molecule has 0 heterocycles. The summed E-state index contributed by atoms with van der Waals surface area (Å²) in [4.78, 5) is 0. The van der Waals surface area contributed by atoms with Crippen molar-refractivity contribution in [3.63, 3.8) is 0 Å². The number of nitrogens with two attached hydrogens (primary N) is 1. The van der Waals surface area contributed by atoms with E-state index < -0.39 is 7.56 Å². The van der Waals surface area contributed by atoms with E-state index in [1.165, 1.54) is 12.1 Å². The molecule has 24 heavy (non-hydrogen) atoms. The standard InChI is InChI=1S/C18H34N3O2P/c1-4-7-12-20-24(18(19)9-6-3,21-13-8-5-2)17-14-15(22)10-11-16(17)23/h10-11,14,18,20-21H,4-9,12-13,19H2,1-3H3,(H-,22,23). The molecule has 1 atom stereocenters. The van der Waals surface area contributed by atoms with Gasteiger partial charge in [-0.3, -0.25) is 5.73 Å². The highest BCUT2D eigenvalue weighted by molar-refractivity contribution is 7.80. The highest BCUT2D eigenvalue weighted by atomic mass is 31.2. The molecular weight excluding hydrogens is 321 g/mol. The first-order chi connectivity index (χ1) is 11.5. The molecule has 0 saturated heterocycles. The van der Waals surface area contributed by atoms with Crippen molar-refractivity contribution >= 4 is 12.9 Å². The van der Waals surface area contributed by atoms with E-state index in [1.54, 1.807) is 6.07 Å². The summed E-state index contributed by atoms with van der Waals surface area (Å²) in [6, 6.07) is 4.49. The zero-order valence-corrected chi connectivity index (χ0v) is 16.2. The quantitative estimate of drug-likeness (QED) is 0.342. The highest BCUT2D eigenvalue weighted by Gasteiger charge is 2.46. The summed E-state index contributed by atoms with van der Waals surface area (Å²) in [5.74, 6) is -0.0846. The van der Waals surface area contributed by atoms with Crippen molar-refractivity contribution in [3.8, 4) is 11.5 Å². The van der Waals surface area contributed by atoms with Crippen molar-refractivity contribution in [3.05, 3.63) is 18.2 Å². The first-order valence-electron chi connectivity index (χ1n) is 9.16. The van der Waals surface area contributed by atoms with Crippen molar-refractivity contribution in [2.45, 2.75) is 65.1 Å². The van der Waals surface area contributed by atoms with Crippen LogP contribution < -0.4 is 26.3 Å². The molecule has 0 amide bonds. The van der Waals surface area contributed by atoms with Crippen LogP contribution in [0.15, 0.2) is 18.2 Å². The molecule has 1 aromatic carbocycles. The van der Waals surface area contributed by atoms with Gasteiger partial charge >= 0.3 is 0 Å². The van der Waals surface area contributed by atoms with Crippen LogP contribution in [0.3, 0.4) is 0 Å². The van der Waals surface area contributed by atoms with Gasteiger partial charge in [-0.2, -0.15) is 10.2 Å². The fraction of sp³-hybridized carbons (Fsp3) is 0.667. The number of unbranched alkanes of at least 4 members (excludes halogenated alkanes) is 2. The van der Waals surface area contributed by atoms with Crippen LogP contribution in [0, 0.1) is 0 Å². The van der Waals surface area contributed by atoms with Gasteiger partial charge in [-0.1, -0.05) is 51.8 Å². The summed E-state index contributed by atoms with van der Waals surface area (Å²) in [6.07, 6.45) is 6.01. The molecule has 0 aromatic heterocycles. The third-order valence-electron chi connectivity index (χ3n) is 4.19. The smallest absolute Gasteiger partial charge is 0.197 e. The maximum atomic E-state index is 12.6.